The molecule has 2 heterocycles. The molecule has 0 amide bonds. The molecule has 1 atom stereocenters. The van der Waals surface area contributed by atoms with Gasteiger partial charge in [0.2, 0.25) is 5.88 Å². The van der Waals surface area contributed by atoms with Crippen molar-refractivity contribution in [3.8, 4) is 5.88 Å². The van der Waals surface area contributed by atoms with E-state index in [0.29, 0.717) is 18.4 Å². The maximum atomic E-state index is 5.69. The Morgan fingerprint density at radius 3 is 3.12 bits per heavy atom. The van der Waals surface area contributed by atoms with Crippen LogP contribution in [0.1, 0.15) is 12.0 Å². The van der Waals surface area contributed by atoms with Crippen LogP contribution in [-0.4, -0.2) is 36.8 Å². The maximum absolute atomic E-state index is 5.69. The van der Waals surface area contributed by atoms with Gasteiger partial charge in [-0.3, -0.25) is 0 Å². The van der Waals surface area contributed by atoms with Crippen LogP contribution in [0.5, 0.6) is 5.88 Å². The summed E-state index contributed by atoms with van der Waals surface area (Å²) >= 11 is 0. The minimum absolute atomic E-state index is 0.493. The van der Waals surface area contributed by atoms with E-state index < -0.39 is 0 Å². The lowest BCUT2D eigenvalue weighted by molar-refractivity contribution is 0.165. The highest BCUT2D eigenvalue weighted by atomic mass is 16.5. The Labute approximate surface area is 95.2 Å². The summed E-state index contributed by atoms with van der Waals surface area (Å²) in [5, 5.41) is 3.01. The predicted octanol–water partition coefficient (Wildman–Crippen LogP) is 1.24. The highest BCUT2D eigenvalue weighted by molar-refractivity contribution is 5.46. The van der Waals surface area contributed by atoms with E-state index in [1.165, 1.54) is 6.33 Å². The molecule has 0 aliphatic carbocycles. The molecule has 1 aliphatic rings. The van der Waals surface area contributed by atoms with Crippen LogP contribution in [0, 0.1) is 12.8 Å². The molecule has 1 fully saturated rings. The van der Waals surface area contributed by atoms with Crippen molar-refractivity contribution in [2.24, 2.45) is 5.92 Å². The van der Waals surface area contributed by atoms with Gasteiger partial charge in [-0.25, -0.2) is 9.97 Å². The second kappa shape index (κ2) is 5.12. The van der Waals surface area contributed by atoms with Crippen LogP contribution in [0.2, 0.25) is 0 Å². The zero-order valence-corrected chi connectivity index (χ0v) is 9.69. The fourth-order valence-electron chi connectivity index (χ4n) is 1.74. The van der Waals surface area contributed by atoms with E-state index in [1.807, 2.05) is 14.0 Å². The predicted molar refractivity (Wildman–Crippen MR) is 60.7 cm³/mol. The zero-order chi connectivity index (χ0) is 11.4. The minimum atomic E-state index is 0.493. The summed E-state index contributed by atoms with van der Waals surface area (Å²) in [6, 6.07) is 0. The lowest BCUT2D eigenvalue weighted by Crippen LogP contribution is -2.13. The molecule has 1 aliphatic heterocycles. The molecule has 16 heavy (non-hydrogen) atoms. The average Bonchev–Trinajstić information content (AvgIpc) is 2.81. The summed E-state index contributed by atoms with van der Waals surface area (Å²) in [6.45, 7) is 4.26. The monoisotopic (exact) mass is 223 g/mol. The van der Waals surface area contributed by atoms with Crippen LogP contribution >= 0.6 is 0 Å². The highest BCUT2D eigenvalue weighted by Crippen LogP contribution is 2.21. The largest absolute Gasteiger partial charge is 0.477 e. The summed E-state index contributed by atoms with van der Waals surface area (Å²) in [4.78, 5) is 8.24. The molecule has 0 radical (unpaired) electrons. The fraction of sp³-hybridized carbons (Fsp3) is 0.636. The van der Waals surface area contributed by atoms with Gasteiger partial charge in [-0.2, -0.15) is 0 Å². The number of aromatic nitrogens is 2. The lowest BCUT2D eigenvalue weighted by Gasteiger charge is -2.12. The first kappa shape index (κ1) is 11.1. The molecule has 1 N–H and O–H groups in total. The van der Waals surface area contributed by atoms with Crippen molar-refractivity contribution in [1.29, 1.82) is 0 Å². The Bertz CT molecular complexity index is 351. The number of hydrogen-bond acceptors (Lipinski definition) is 5. The van der Waals surface area contributed by atoms with E-state index in [9.17, 15) is 0 Å². The quantitative estimate of drug-likeness (QED) is 0.832. The van der Waals surface area contributed by atoms with Crippen LogP contribution in [-0.2, 0) is 4.74 Å². The molecule has 5 heteroatoms. The number of rotatable bonds is 4. The number of anilines is 1. The van der Waals surface area contributed by atoms with Gasteiger partial charge >= 0.3 is 0 Å². The Balaban J connectivity index is 1.97. The Morgan fingerprint density at radius 2 is 2.44 bits per heavy atom. The first-order valence-electron chi connectivity index (χ1n) is 5.51. The molecule has 0 spiro atoms. The third-order valence-corrected chi connectivity index (χ3v) is 2.75. The first-order valence-corrected chi connectivity index (χ1v) is 5.51. The standard InChI is InChI=1S/C11H17N3O2/c1-8-10(12-2)13-7-14-11(8)16-6-9-3-4-15-5-9/h7,9H,3-6H2,1-2H3,(H,12,13,14). The van der Waals surface area contributed by atoms with E-state index in [2.05, 4.69) is 15.3 Å². The van der Waals surface area contributed by atoms with Crippen molar-refractivity contribution >= 4 is 5.82 Å². The summed E-state index contributed by atoms with van der Waals surface area (Å²) in [5.41, 5.74) is 0.948. The molecule has 1 unspecified atom stereocenters. The molecular weight excluding hydrogens is 206 g/mol. The van der Waals surface area contributed by atoms with E-state index in [0.717, 1.165) is 31.0 Å². The van der Waals surface area contributed by atoms with Crippen LogP contribution in [0.3, 0.4) is 0 Å². The van der Waals surface area contributed by atoms with Crippen molar-refractivity contribution in [3.05, 3.63) is 11.9 Å². The third kappa shape index (κ3) is 2.41. The van der Waals surface area contributed by atoms with Crippen LogP contribution in [0.15, 0.2) is 6.33 Å². The SMILES string of the molecule is CNc1ncnc(OCC2CCOC2)c1C. The zero-order valence-electron chi connectivity index (χ0n) is 9.69. The van der Waals surface area contributed by atoms with Crippen LogP contribution < -0.4 is 10.1 Å². The highest BCUT2D eigenvalue weighted by Gasteiger charge is 2.17. The number of nitrogens with zero attached hydrogens (tertiary/aromatic N) is 2. The van der Waals surface area contributed by atoms with E-state index in [1.54, 1.807) is 0 Å². The van der Waals surface area contributed by atoms with Crippen molar-refractivity contribution in [3.63, 3.8) is 0 Å². The molecule has 2 rings (SSSR count). The minimum Gasteiger partial charge on any atom is -0.477 e. The Morgan fingerprint density at radius 1 is 1.56 bits per heavy atom. The smallest absolute Gasteiger partial charge is 0.221 e. The van der Waals surface area contributed by atoms with Gasteiger partial charge in [0.15, 0.2) is 0 Å². The molecule has 0 bridgehead atoms. The van der Waals surface area contributed by atoms with Gasteiger partial charge < -0.3 is 14.8 Å². The number of hydrogen-bond donors (Lipinski definition) is 1. The van der Waals surface area contributed by atoms with E-state index in [-0.39, 0.29) is 0 Å². The third-order valence-electron chi connectivity index (χ3n) is 2.75. The summed E-state index contributed by atoms with van der Waals surface area (Å²) in [5.74, 6) is 1.96. The normalized spacial score (nSPS) is 19.8. The molecule has 1 aromatic heterocycles. The second-order valence-corrected chi connectivity index (χ2v) is 3.94. The van der Waals surface area contributed by atoms with Crippen molar-refractivity contribution in [2.45, 2.75) is 13.3 Å². The van der Waals surface area contributed by atoms with Crippen LogP contribution in [0.4, 0.5) is 5.82 Å². The summed E-state index contributed by atoms with van der Waals surface area (Å²) < 4.78 is 11.0. The Kier molecular flexibility index (Phi) is 3.56. The maximum Gasteiger partial charge on any atom is 0.221 e. The van der Waals surface area contributed by atoms with Crippen molar-refractivity contribution < 1.29 is 9.47 Å². The average molecular weight is 223 g/mol. The molecule has 5 nitrogen and oxygen atoms in total. The Hall–Kier alpha value is -1.36. The fourth-order valence-corrected chi connectivity index (χ4v) is 1.74. The molecule has 1 aromatic rings. The molecular formula is C11H17N3O2. The van der Waals surface area contributed by atoms with E-state index >= 15 is 0 Å². The van der Waals surface area contributed by atoms with Gasteiger partial charge in [-0.15, -0.1) is 0 Å². The van der Waals surface area contributed by atoms with Crippen molar-refractivity contribution in [1.82, 2.24) is 9.97 Å². The van der Waals surface area contributed by atoms with E-state index in [4.69, 9.17) is 9.47 Å². The lowest BCUT2D eigenvalue weighted by atomic mass is 10.1. The first-order chi connectivity index (χ1) is 7.81. The van der Waals surface area contributed by atoms with Crippen molar-refractivity contribution in [2.75, 3.05) is 32.2 Å². The molecule has 88 valence electrons. The van der Waals surface area contributed by atoms with Gasteiger partial charge in [-0.1, -0.05) is 0 Å². The number of nitrogens with one attached hydrogen (secondary N) is 1. The molecule has 0 aromatic carbocycles. The molecule has 0 saturated carbocycles. The van der Waals surface area contributed by atoms with Gasteiger partial charge in [-0.05, 0) is 13.3 Å². The number of ether oxygens (including phenoxy) is 2. The summed E-state index contributed by atoms with van der Waals surface area (Å²) in [6.07, 6.45) is 2.59. The van der Waals surface area contributed by atoms with Crippen LogP contribution in [0.25, 0.3) is 0 Å². The van der Waals surface area contributed by atoms with Gasteiger partial charge in [0, 0.05) is 19.6 Å². The summed E-state index contributed by atoms with van der Waals surface area (Å²) in [7, 11) is 1.84. The van der Waals surface area contributed by atoms with Gasteiger partial charge in [0.25, 0.3) is 0 Å². The topological polar surface area (TPSA) is 56.3 Å². The molecule has 1 saturated heterocycles. The second-order valence-electron chi connectivity index (χ2n) is 3.94. The van der Waals surface area contributed by atoms with Gasteiger partial charge in [0.05, 0.1) is 18.8 Å². The van der Waals surface area contributed by atoms with Gasteiger partial charge in [0.1, 0.15) is 12.1 Å².